The maximum Gasteiger partial charge on any atom is 0.124 e. The van der Waals surface area contributed by atoms with Crippen molar-refractivity contribution in [3.05, 3.63) is 53.6 Å². The summed E-state index contributed by atoms with van der Waals surface area (Å²) in [5, 5.41) is 9.65. The molecule has 0 aromatic heterocycles. The average Bonchev–Trinajstić information content (AvgIpc) is 2.41. The van der Waals surface area contributed by atoms with Crippen molar-refractivity contribution in [3.63, 3.8) is 0 Å². The van der Waals surface area contributed by atoms with E-state index >= 15 is 0 Å². The molecule has 2 heteroatoms. The number of aryl methyl sites for hydroxylation is 1. The quantitative estimate of drug-likeness (QED) is 0.832. The lowest BCUT2D eigenvalue weighted by Gasteiger charge is -2.07. The second kappa shape index (κ2) is 5.50. The minimum Gasteiger partial charge on any atom is -0.508 e. The first-order chi connectivity index (χ1) is 8.74. The van der Waals surface area contributed by atoms with Crippen LogP contribution in [-0.2, 0) is 17.6 Å². The van der Waals surface area contributed by atoms with Gasteiger partial charge in [0, 0.05) is 12.0 Å². The van der Waals surface area contributed by atoms with Gasteiger partial charge in [-0.05, 0) is 35.2 Å². The third-order valence-electron chi connectivity index (χ3n) is 3.05. The number of carbonyl (C=O) groups is 1. The van der Waals surface area contributed by atoms with E-state index in [9.17, 15) is 9.90 Å². The molecule has 92 valence electrons. The van der Waals surface area contributed by atoms with Gasteiger partial charge in [0.05, 0.1) is 0 Å². The Morgan fingerprint density at radius 2 is 1.89 bits per heavy atom. The van der Waals surface area contributed by atoms with Crippen molar-refractivity contribution < 1.29 is 9.90 Å². The third-order valence-corrected chi connectivity index (χ3v) is 3.05. The van der Waals surface area contributed by atoms with E-state index in [0.29, 0.717) is 5.56 Å². The Balaban J connectivity index is 2.43. The second-order valence-corrected chi connectivity index (χ2v) is 4.27. The number of phenols is 1. The van der Waals surface area contributed by atoms with Crippen molar-refractivity contribution in [2.75, 3.05) is 0 Å². The van der Waals surface area contributed by atoms with Crippen LogP contribution >= 0.6 is 0 Å². The van der Waals surface area contributed by atoms with Gasteiger partial charge in [0.2, 0.25) is 0 Å². The molecule has 0 heterocycles. The topological polar surface area (TPSA) is 37.3 Å². The molecule has 0 amide bonds. The first kappa shape index (κ1) is 12.4. The average molecular weight is 240 g/mol. The highest BCUT2D eigenvalue weighted by molar-refractivity contribution is 5.68. The lowest BCUT2D eigenvalue weighted by atomic mass is 9.99. The second-order valence-electron chi connectivity index (χ2n) is 4.27. The zero-order chi connectivity index (χ0) is 13.0. The molecule has 0 fully saturated rings. The number of rotatable bonds is 4. The van der Waals surface area contributed by atoms with Crippen LogP contribution in [0.15, 0.2) is 42.5 Å². The Morgan fingerprint density at radius 1 is 1.11 bits per heavy atom. The molecule has 0 saturated heterocycles. The van der Waals surface area contributed by atoms with Crippen molar-refractivity contribution in [2.24, 2.45) is 0 Å². The minimum atomic E-state index is 0.178. The molecule has 0 aliphatic carbocycles. The molecular formula is C16H16O2. The summed E-state index contributed by atoms with van der Waals surface area (Å²) in [6.07, 6.45) is 2.04. The highest BCUT2D eigenvalue weighted by atomic mass is 16.3. The normalized spacial score (nSPS) is 10.3. The highest BCUT2D eigenvalue weighted by Crippen LogP contribution is 2.26. The van der Waals surface area contributed by atoms with Gasteiger partial charge in [0.25, 0.3) is 0 Å². The van der Waals surface area contributed by atoms with Crippen LogP contribution < -0.4 is 0 Å². The molecule has 0 bridgehead atoms. The predicted octanol–water partition coefficient (Wildman–Crippen LogP) is 3.36. The minimum absolute atomic E-state index is 0.178. The molecule has 2 nitrogen and oxygen atoms in total. The van der Waals surface area contributed by atoms with Gasteiger partial charge in [-0.3, -0.25) is 0 Å². The third kappa shape index (κ3) is 2.59. The first-order valence-electron chi connectivity index (χ1n) is 6.09. The highest BCUT2D eigenvalue weighted by Gasteiger charge is 2.04. The molecule has 0 radical (unpaired) electrons. The van der Waals surface area contributed by atoms with Crippen molar-refractivity contribution >= 4 is 6.29 Å². The van der Waals surface area contributed by atoms with Gasteiger partial charge >= 0.3 is 0 Å². The summed E-state index contributed by atoms with van der Waals surface area (Å²) in [5.41, 5.74) is 4.09. The van der Waals surface area contributed by atoms with Crippen LogP contribution in [0.1, 0.15) is 18.1 Å². The molecule has 0 spiro atoms. The van der Waals surface area contributed by atoms with Crippen LogP contribution in [0.3, 0.4) is 0 Å². The number of hydrogen-bond acceptors (Lipinski definition) is 2. The van der Waals surface area contributed by atoms with Gasteiger partial charge in [-0.1, -0.05) is 37.3 Å². The summed E-state index contributed by atoms with van der Waals surface area (Å²) < 4.78 is 0. The summed E-state index contributed by atoms with van der Waals surface area (Å²) in [6.45, 7) is 2.12. The fraction of sp³-hybridized carbons (Fsp3) is 0.188. The van der Waals surface area contributed by atoms with Crippen molar-refractivity contribution in [1.82, 2.24) is 0 Å². The maximum absolute atomic E-state index is 10.6. The van der Waals surface area contributed by atoms with Gasteiger partial charge in [0.15, 0.2) is 0 Å². The molecule has 0 aliphatic heterocycles. The number of benzene rings is 2. The lowest BCUT2D eigenvalue weighted by molar-refractivity contribution is -0.107. The summed E-state index contributed by atoms with van der Waals surface area (Å²) in [4.78, 5) is 10.6. The van der Waals surface area contributed by atoms with Crippen LogP contribution in [0.4, 0.5) is 0 Å². The van der Waals surface area contributed by atoms with Gasteiger partial charge in [-0.15, -0.1) is 0 Å². The van der Waals surface area contributed by atoms with Gasteiger partial charge in [-0.25, -0.2) is 0 Å². The Kier molecular flexibility index (Phi) is 3.78. The predicted molar refractivity (Wildman–Crippen MR) is 72.7 cm³/mol. The summed E-state index contributed by atoms with van der Waals surface area (Å²) in [7, 11) is 0. The van der Waals surface area contributed by atoms with Crippen LogP contribution in [0.2, 0.25) is 0 Å². The van der Waals surface area contributed by atoms with E-state index in [1.165, 1.54) is 5.56 Å². The Bertz CT molecular complexity index is 559. The smallest absolute Gasteiger partial charge is 0.124 e. The fourth-order valence-electron chi connectivity index (χ4n) is 1.99. The van der Waals surface area contributed by atoms with E-state index in [1.54, 1.807) is 6.07 Å². The zero-order valence-electron chi connectivity index (χ0n) is 10.4. The number of aldehydes is 1. The van der Waals surface area contributed by atoms with Crippen molar-refractivity contribution in [2.45, 2.75) is 19.8 Å². The Morgan fingerprint density at radius 3 is 2.61 bits per heavy atom. The van der Waals surface area contributed by atoms with Crippen molar-refractivity contribution in [3.8, 4) is 16.9 Å². The molecule has 0 atom stereocenters. The standard InChI is InChI=1S/C16H16O2/c1-2-12-4-3-5-13(10-12)14-6-7-16(18)15(11-14)8-9-17/h3-7,9-11,18H,2,8H2,1H3. The van der Waals surface area contributed by atoms with Crippen LogP contribution in [0.5, 0.6) is 5.75 Å². The molecule has 0 unspecified atom stereocenters. The molecule has 2 aromatic carbocycles. The van der Waals surface area contributed by atoms with E-state index < -0.39 is 0 Å². The number of phenolic OH excluding ortho intramolecular Hbond substituents is 1. The first-order valence-corrected chi connectivity index (χ1v) is 6.09. The molecule has 18 heavy (non-hydrogen) atoms. The number of hydrogen-bond donors (Lipinski definition) is 1. The van der Waals surface area contributed by atoms with Gasteiger partial charge < -0.3 is 9.90 Å². The van der Waals surface area contributed by atoms with Gasteiger partial charge in [0.1, 0.15) is 12.0 Å². The maximum atomic E-state index is 10.6. The SMILES string of the molecule is CCc1cccc(-c2ccc(O)c(CC=O)c2)c1. The number of carbonyl (C=O) groups excluding carboxylic acids is 1. The molecule has 2 aromatic rings. The summed E-state index contributed by atoms with van der Waals surface area (Å²) in [6, 6.07) is 13.7. The molecule has 2 rings (SSSR count). The Labute approximate surface area is 107 Å². The molecular weight excluding hydrogens is 224 g/mol. The van der Waals surface area contributed by atoms with Crippen LogP contribution in [0.25, 0.3) is 11.1 Å². The monoisotopic (exact) mass is 240 g/mol. The zero-order valence-corrected chi connectivity index (χ0v) is 10.4. The van der Waals surface area contributed by atoms with E-state index in [4.69, 9.17) is 0 Å². The molecule has 1 N–H and O–H groups in total. The summed E-state index contributed by atoms with van der Waals surface area (Å²) in [5.74, 6) is 0.178. The Hall–Kier alpha value is -2.09. The summed E-state index contributed by atoms with van der Waals surface area (Å²) >= 11 is 0. The van der Waals surface area contributed by atoms with Gasteiger partial charge in [-0.2, -0.15) is 0 Å². The van der Waals surface area contributed by atoms with E-state index in [0.717, 1.165) is 23.8 Å². The molecule has 0 saturated carbocycles. The van der Waals surface area contributed by atoms with Crippen LogP contribution in [-0.4, -0.2) is 11.4 Å². The van der Waals surface area contributed by atoms with E-state index in [1.807, 2.05) is 24.3 Å². The lowest BCUT2D eigenvalue weighted by Crippen LogP contribution is -1.89. The van der Waals surface area contributed by atoms with E-state index in [-0.39, 0.29) is 12.2 Å². The largest absolute Gasteiger partial charge is 0.508 e. The molecule has 0 aliphatic rings. The fourth-order valence-corrected chi connectivity index (χ4v) is 1.99. The number of aromatic hydroxyl groups is 1. The van der Waals surface area contributed by atoms with E-state index in [2.05, 4.69) is 19.1 Å². The van der Waals surface area contributed by atoms with Crippen molar-refractivity contribution in [1.29, 1.82) is 0 Å². The van der Waals surface area contributed by atoms with Crippen LogP contribution in [0, 0.1) is 0 Å².